The average molecular weight is 343 g/mol. The van der Waals surface area contributed by atoms with Crippen molar-refractivity contribution in [1.82, 2.24) is 0 Å². The van der Waals surface area contributed by atoms with Crippen molar-refractivity contribution in [3.05, 3.63) is 95.6 Å². The molecule has 0 heterocycles. The first-order valence-electron chi connectivity index (χ1n) is 9.38. The van der Waals surface area contributed by atoms with Crippen molar-refractivity contribution in [2.75, 3.05) is 5.73 Å². The number of phenolic OH excluding ortho intramolecular Hbond substituents is 1. The molecule has 0 amide bonds. The van der Waals surface area contributed by atoms with Gasteiger partial charge in [0.15, 0.2) is 0 Å². The molecule has 3 aromatic carbocycles. The van der Waals surface area contributed by atoms with Gasteiger partial charge in [-0.05, 0) is 66.5 Å². The third-order valence-corrected chi connectivity index (χ3v) is 6.00. The van der Waals surface area contributed by atoms with Crippen LogP contribution in [0.1, 0.15) is 48.3 Å². The summed E-state index contributed by atoms with van der Waals surface area (Å²) in [6.07, 6.45) is 4.30. The zero-order valence-corrected chi connectivity index (χ0v) is 14.9. The Morgan fingerprint density at radius 2 is 1.42 bits per heavy atom. The maximum atomic E-state index is 10.1. The maximum absolute atomic E-state index is 10.1. The second-order valence-corrected chi connectivity index (χ2v) is 7.40. The lowest BCUT2D eigenvalue weighted by atomic mass is 9.62. The van der Waals surface area contributed by atoms with Crippen LogP contribution >= 0.6 is 0 Å². The summed E-state index contributed by atoms with van der Waals surface area (Å²) in [5, 5.41) is 10.1. The largest absolute Gasteiger partial charge is 0.508 e. The topological polar surface area (TPSA) is 46.2 Å². The first kappa shape index (κ1) is 16.7. The SMILES string of the molecule is Nc1ccccc1C1CCC(c2ccccc2)(c2cccc(O)c2)CC1. The number of benzene rings is 3. The van der Waals surface area contributed by atoms with Crippen LogP contribution in [0.5, 0.6) is 5.75 Å². The van der Waals surface area contributed by atoms with E-state index in [9.17, 15) is 5.11 Å². The van der Waals surface area contributed by atoms with E-state index in [1.165, 1.54) is 16.7 Å². The molecule has 26 heavy (non-hydrogen) atoms. The predicted molar refractivity (Wildman–Crippen MR) is 107 cm³/mol. The molecule has 0 unspecified atom stereocenters. The van der Waals surface area contributed by atoms with E-state index in [0.717, 1.165) is 31.4 Å². The highest BCUT2D eigenvalue weighted by molar-refractivity contribution is 5.49. The number of aromatic hydroxyl groups is 1. The van der Waals surface area contributed by atoms with Crippen molar-refractivity contribution in [1.29, 1.82) is 0 Å². The molecule has 3 aromatic rings. The molecule has 0 aliphatic heterocycles. The van der Waals surface area contributed by atoms with Crippen LogP contribution in [0.3, 0.4) is 0 Å². The average Bonchev–Trinajstić information content (AvgIpc) is 2.69. The number of phenols is 1. The van der Waals surface area contributed by atoms with Crippen LogP contribution in [0.2, 0.25) is 0 Å². The molecule has 1 aliphatic rings. The first-order valence-corrected chi connectivity index (χ1v) is 9.38. The van der Waals surface area contributed by atoms with Gasteiger partial charge in [0.25, 0.3) is 0 Å². The van der Waals surface area contributed by atoms with E-state index in [4.69, 9.17) is 5.73 Å². The molecule has 132 valence electrons. The number of nitrogen functional groups attached to an aromatic ring is 1. The normalized spacial score (nSPS) is 22.8. The number of rotatable bonds is 3. The highest BCUT2D eigenvalue weighted by Gasteiger charge is 2.39. The molecule has 0 aromatic heterocycles. The summed E-state index contributed by atoms with van der Waals surface area (Å²) in [6, 6.07) is 26.8. The molecule has 0 saturated heterocycles. The lowest BCUT2D eigenvalue weighted by molar-refractivity contribution is 0.314. The number of para-hydroxylation sites is 1. The van der Waals surface area contributed by atoms with Gasteiger partial charge >= 0.3 is 0 Å². The Bertz CT molecular complexity index is 879. The van der Waals surface area contributed by atoms with Crippen LogP contribution in [-0.2, 0) is 5.41 Å². The Kier molecular flexibility index (Phi) is 4.42. The lowest BCUT2D eigenvalue weighted by Crippen LogP contribution is -2.32. The Labute approximate surface area is 155 Å². The Morgan fingerprint density at radius 3 is 2.12 bits per heavy atom. The summed E-state index contributed by atoms with van der Waals surface area (Å²) in [5.74, 6) is 0.845. The van der Waals surface area contributed by atoms with Crippen molar-refractivity contribution in [3.8, 4) is 5.75 Å². The van der Waals surface area contributed by atoms with Crippen LogP contribution in [-0.4, -0.2) is 5.11 Å². The van der Waals surface area contributed by atoms with Gasteiger partial charge in [-0.15, -0.1) is 0 Å². The summed E-state index contributed by atoms with van der Waals surface area (Å²) in [7, 11) is 0. The van der Waals surface area contributed by atoms with E-state index in [2.05, 4.69) is 48.5 Å². The standard InChI is InChI=1S/C24H25NO/c25-23-12-5-4-11-22(23)18-13-15-24(16-14-18,19-7-2-1-3-8-19)20-9-6-10-21(26)17-20/h1-12,17-18,26H,13-16,25H2. The molecular formula is C24H25NO. The van der Waals surface area contributed by atoms with Gasteiger partial charge in [-0.2, -0.15) is 0 Å². The summed E-state index contributed by atoms with van der Waals surface area (Å²) >= 11 is 0. The summed E-state index contributed by atoms with van der Waals surface area (Å²) in [6.45, 7) is 0. The lowest BCUT2D eigenvalue weighted by Gasteiger charge is -2.42. The molecule has 0 spiro atoms. The smallest absolute Gasteiger partial charge is 0.115 e. The minimum atomic E-state index is -0.0416. The number of hydrogen-bond donors (Lipinski definition) is 2. The maximum Gasteiger partial charge on any atom is 0.115 e. The summed E-state index contributed by atoms with van der Waals surface area (Å²) in [5.41, 5.74) is 10.9. The number of nitrogens with two attached hydrogens (primary N) is 1. The van der Waals surface area contributed by atoms with Crippen molar-refractivity contribution in [2.45, 2.75) is 37.0 Å². The minimum absolute atomic E-state index is 0.0416. The van der Waals surface area contributed by atoms with Crippen LogP contribution in [0, 0.1) is 0 Å². The molecule has 2 nitrogen and oxygen atoms in total. The van der Waals surface area contributed by atoms with Gasteiger partial charge in [0.05, 0.1) is 0 Å². The number of anilines is 1. The monoisotopic (exact) mass is 343 g/mol. The molecule has 2 heteroatoms. The first-order chi connectivity index (χ1) is 12.7. The second-order valence-electron chi connectivity index (χ2n) is 7.40. The third-order valence-electron chi connectivity index (χ3n) is 6.00. The molecule has 1 fully saturated rings. The Hall–Kier alpha value is -2.74. The number of hydrogen-bond acceptors (Lipinski definition) is 2. The van der Waals surface area contributed by atoms with Crippen molar-refractivity contribution >= 4 is 5.69 Å². The fourth-order valence-electron chi connectivity index (χ4n) is 4.61. The molecule has 0 atom stereocenters. The van der Waals surface area contributed by atoms with Crippen LogP contribution in [0.4, 0.5) is 5.69 Å². The zero-order chi connectivity index (χ0) is 18.0. The molecule has 3 N–H and O–H groups in total. The molecule has 1 aliphatic carbocycles. The van der Waals surface area contributed by atoms with Crippen molar-refractivity contribution < 1.29 is 5.11 Å². The fraction of sp³-hybridized carbons (Fsp3) is 0.250. The quantitative estimate of drug-likeness (QED) is 0.606. The molecule has 4 rings (SSSR count). The highest BCUT2D eigenvalue weighted by atomic mass is 16.3. The Morgan fingerprint density at radius 1 is 0.769 bits per heavy atom. The molecular weight excluding hydrogens is 318 g/mol. The summed E-state index contributed by atoms with van der Waals surface area (Å²) in [4.78, 5) is 0. The minimum Gasteiger partial charge on any atom is -0.508 e. The van der Waals surface area contributed by atoms with Gasteiger partial charge in [-0.3, -0.25) is 0 Å². The van der Waals surface area contributed by atoms with Crippen molar-refractivity contribution in [3.63, 3.8) is 0 Å². The third kappa shape index (κ3) is 2.96. The van der Waals surface area contributed by atoms with Gasteiger partial charge in [0.2, 0.25) is 0 Å². The van der Waals surface area contributed by atoms with Gasteiger partial charge in [-0.1, -0.05) is 60.7 Å². The van der Waals surface area contributed by atoms with Gasteiger partial charge in [0.1, 0.15) is 5.75 Å². The van der Waals surface area contributed by atoms with E-state index in [-0.39, 0.29) is 5.41 Å². The van der Waals surface area contributed by atoms with E-state index >= 15 is 0 Å². The van der Waals surface area contributed by atoms with Crippen molar-refractivity contribution in [2.24, 2.45) is 0 Å². The Balaban J connectivity index is 1.70. The summed E-state index contributed by atoms with van der Waals surface area (Å²) < 4.78 is 0. The van der Waals surface area contributed by atoms with E-state index in [1.54, 1.807) is 6.07 Å². The van der Waals surface area contributed by atoms with E-state index in [0.29, 0.717) is 11.7 Å². The molecule has 1 saturated carbocycles. The predicted octanol–water partition coefficient (Wildman–Crippen LogP) is 5.62. The van der Waals surface area contributed by atoms with E-state index < -0.39 is 0 Å². The van der Waals surface area contributed by atoms with Crippen LogP contribution < -0.4 is 5.73 Å². The molecule has 0 bridgehead atoms. The van der Waals surface area contributed by atoms with Gasteiger partial charge in [-0.25, -0.2) is 0 Å². The van der Waals surface area contributed by atoms with Crippen LogP contribution in [0.15, 0.2) is 78.9 Å². The van der Waals surface area contributed by atoms with Gasteiger partial charge < -0.3 is 10.8 Å². The van der Waals surface area contributed by atoms with E-state index in [1.807, 2.05) is 24.3 Å². The zero-order valence-electron chi connectivity index (χ0n) is 14.9. The van der Waals surface area contributed by atoms with Crippen LogP contribution in [0.25, 0.3) is 0 Å². The molecule has 0 radical (unpaired) electrons. The van der Waals surface area contributed by atoms with Gasteiger partial charge in [0, 0.05) is 11.1 Å². The highest BCUT2D eigenvalue weighted by Crippen LogP contribution is 2.49. The fourth-order valence-corrected chi connectivity index (χ4v) is 4.61. The second kappa shape index (κ2) is 6.87.